The van der Waals surface area contributed by atoms with E-state index in [1.54, 1.807) is 51.6 Å². The van der Waals surface area contributed by atoms with Gasteiger partial charge < -0.3 is 0 Å². The van der Waals surface area contributed by atoms with Gasteiger partial charge in [-0.3, -0.25) is 29.9 Å². The molecule has 580 valence electrons. The highest BCUT2D eigenvalue weighted by Gasteiger charge is 2.22. The fourth-order valence-electron chi connectivity index (χ4n) is 14.9. The van der Waals surface area contributed by atoms with Crippen LogP contribution in [0.2, 0.25) is 0 Å². The van der Waals surface area contributed by atoms with Crippen molar-refractivity contribution < 1.29 is 0 Å². The third kappa shape index (κ3) is 16.2. The lowest BCUT2D eigenvalue weighted by molar-refractivity contribution is 0.766. The molecule has 9 aromatic carbocycles. The van der Waals surface area contributed by atoms with E-state index in [0.29, 0.717) is 0 Å². The van der Waals surface area contributed by atoms with Gasteiger partial charge in [-0.2, -0.15) is 14.4 Å². The molecule has 0 atom stereocenters. The minimum atomic E-state index is 0.758. The van der Waals surface area contributed by atoms with E-state index < -0.39 is 0 Å². The van der Waals surface area contributed by atoms with Crippen molar-refractivity contribution in [1.29, 1.82) is 0 Å². The molecule has 22 rings (SSSR count). The lowest BCUT2D eigenvalue weighted by atomic mass is 9.95. The SMILES string of the molecule is c1ccc(-c2ccc(-n3nc4cc(-c5cccc(-c6ccccn6)c5)cc(-c5cccc(-c6ccccn6)c5)c4n3)cc2)cc1.c1ccc(-n2nc3cc(-c4cccc(-c5cccnc5)n4)cc(-c4cccc(-c5cccnc5)n4)c3n2)cc1.c1ccc(-n2nc3cc(-c4cccc(-c5ccncc5)n4)cc(-c4cccc(-c5ccncc5)n4)c3n2)cc1. The van der Waals surface area contributed by atoms with Crippen molar-refractivity contribution in [3.8, 4) is 163 Å². The van der Waals surface area contributed by atoms with Gasteiger partial charge in [0.05, 0.1) is 74.0 Å². The number of nitrogens with zero attached hydrogens (tertiary/aromatic N) is 19. The molecular weight excluding hydrogens is 1520 g/mol. The minimum absolute atomic E-state index is 0.758. The van der Waals surface area contributed by atoms with Gasteiger partial charge in [0.1, 0.15) is 33.1 Å². The highest BCUT2D eigenvalue weighted by Crippen LogP contribution is 2.40. The molecule has 13 aromatic heterocycles. The number of hydrogen-bond donors (Lipinski definition) is 0. The lowest BCUT2D eigenvalue weighted by Gasteiger charge is -2.10. The molecule has 0 aliphatic carbocycles. The zero-order valence-corrected chi connectivity index (χ0v) is 65.8. The van der Waals surface area contributed by atoms with Crippen molar-refractivity contribution in [2.24, 2.45) is 0 Å². The second-order valence-electron chi connectivity index (χ2n) is 28.9. The molecular formula is C104H69N19. The maximum absolute atomic E-state index is 5.04. The van der Waals surface area contributed by atoms with Gasteiger partial charge >= 0.3 is 0 Å². The first-order valence-corrected chi connectivity index (χ1v) is 40.0. The summed E-state index contributed by atoms with van der Waals surface area (Å²) < 4.78 is 0. The zero-order chi connectivity index (χ0) is 82.0. The van der Waals surface area contributed by atoms with Gasteiger partial charge in [0.25, 0.3) is 0 Å². The third-order valence-electron chi connectivity index (χ3n) is 20.9. The van der Waals surface area contributed by atoms with E-state index in [1.165, 1.54) is 5.56 Å². The van der Waals surface area contributed by atoms with Crippen molar-refractivity contribution in [2.75, 3.05) is 0 Å². The molecule has 123 heavy (non-hydrogen) atoms. The molecule has 0 aliphatic heterocycles. The Morgan fingerprint density at radius 3 is 0.943 bits per heavy atom. The van der Waals surface area contributed by atoms with Crippen molar-refractivity contribution in [1.82, 2.24) is 94.8 Å². The number of aromatic nitrogens is 19. The van der Waals surface area contributed by atoms with Gasteiger partial charge in [-0.25, -0.2) is 19.9 Å². The Morgan fingerprint density at radius 1 is 0.163 bits per heavy atom. The first-order valence-electron chi connectivity index (χ1n) is 40.0. The monoisotopic (exact) mass is 1580 g/mol. The first-order chi connectivity index (χ1) is 60.9. The Labute approximate surface area is 706 Å². The van der Waals surface area contributed by atoms with Crippen molar-refractivity contribution in [3.05, 3.63) is 420 Å². The van der Waals surface area contributed by atoms with Gasteiger partial charge in [-0.15, -0.1) is 30.6 Å². The molecule has 0 fully saturated rings. The minimum Gasteiger partial charge on any atom is -0.265 e. The quantitative estimate of drug-likeness (QED) is 0.0877. The zero-order valence-electron chi connectivity index (χ0n) is 65.8. The van der Waals surface area contributed by atoms with Crippen LogP contribution < -0.4 is 0 Å². The second-order valence-corrected chi connectivity index (χ2v) is 28.9. The van der Waals surface area contributed by atoms with E-state index in [-0.39, 0.29) is 0 Å². The van der Waals surface area contributed by atoms with Gasteiger partial charge in [-0.1, -0.05) is 152 Å². The Hall–Kier alpha value is -17.3. The molecule has 0 amide bonds. The summed E-state index contributed by atoms with van der Waals surface area (Å²) in [5, 5.41) is 29.5. The number of pyridine rings is 10. The normalized spacial score (nSPS) is 11.1. The number of rotatable bonds is 16. The Balaban J connectivity index is 0.000000118. The molecule has 0 bridgehead atoms. The van der Waals surface area contributed by atoms with Crippen LogP contribution in [-0.4, -0.2) is 94.8 Å². The number of hydrogen-bond acceptors (Lipinski definition) is 16. The van der Waals surface area contributed by atoms with E-state index in [2.05, 4.69) is 151 Å². The largest absolute Gasteiger partial charge is 0.265 e. The van der Waals surface area contributed by atoms with Crippen molar-refractivity contribution >= 4 is 33.1 Å². The van der Waals surface area contributed by atoms with Crippen LogP contribution in [0.5, 0.6) is 0 Å². The fourth-order valence-corrected chi connectivity index (χ4v) is 14.9. The van der Waals surface area contributed by atoms with E-state index in [4.69, 9.17) is 50.5 Å². The third-order valence-corrected chi connectivity index (χ3v) is 20.9. The molecule has 0 unspecified atom stereocenters. The summed E-state index contributed by atoms with van der Waals surface area (Å²) in [5.74, 6) is 0. The predicted molar refractivity (Wildman–Crippen MR) is 485 cm³/mol. The maximum atomic E-state index is 5.04. The van der Waals surface area contributed by atoms with Crippen molar-refractivity contribution in [2.45, 2.75) is 0 Å². The van der Waals surface area contributed by atoms with Crippen LogP contribution in [0.25, 0.3) is 196 Å². The van der Waals surface area contributed by atoms with Gasteiger partial charge in [0, 0.05) is 123 Å². The van der Waals surface area contributed by atoms with Crippen LogP contribution in [0.3, 0.4) is 0 Å². The van der Waals surface area contributed by atoms with E-state index in [0.717, 1.165) is 191 Å². The molecule has 0 saturated heterocycles. The van der Waals surface area contributed by atoms with Crippen LogP contribution in [0.4, 0.5) is 0 Å². The summed E-state index contributed by atoms with van der Waals surface area (Å²) in [5.41, 5.74) is 32.2. The van der Waals surface area contributed by atoms with E-state index in [9.17, 15) is 0 Å². The molecule has 0 N–H and O–H groups in total. The smallest absolute Gasteiger partial charge is 0.123 e. The average Bonchev–Trinajstić information content (AvgIpc) is 1.66. The molecule has 13 heterocycles. The molecule has 0 saturated carbocycles. The standard InChI is InChI=1S/C40H27N5.2C32H21N7/c1-2-10-28(11-3-1)29-18-20-35(21-19-29)45-43-39-27-34(30-12-8-14-32(24-30)37-16-4-6-22-41-37)26-36(40(39)44-45)31-13-9-15-33(25-31)38-17-5-7-23-42-38;1-2-10-25(11-3-1)39-37-31-19-24(29-14-4-12-27(35-29)22-8-6-16-33-20-22)18-26(32(31)38-39)30-15-5-13-28(36-30)23-9-7-17-34-21-23;1-2-6-25(7-3-1)39-37-31-21-24(29-10-4-8-27(35-29)22-12-16-33-17-13-22)20-26(32(31)38-39)30-11-5-9-28(36-30)23-14-18-34-19-15-23/h1-27H;2*1-21H. The van der Waals surface area contributed by atoms with Crippen LogP contribution in [0, 0.1) is 0 Å². The van der Waals surface area contributed by atoms with Crippen LogP contribution in [-0.2, 0) is 0 Å². The average molecular weight is 1580 g/mol. The number of benzene rings is 9. The maximum Gasteiger partial charge on any atom is 0.123 e. The van der Waals surface area contributed by atoms with Gasteiger partial charge in [0.15, 0.2) is 0 Å². The number of para-hydroxylation sites is 2. The molecule has 0 radical (unpaired) electrons. The summed E-state index contributed by atoms with van der Waals surface area (Å²) in [4.78, 5) is 51.0. The van der Waals surface area contributed by atoms with Gasteiger partial charge in [-0.05, 0) is 234 Å². The van der Waals surface area contributed by atoms with Crippen LogP contribution >= 0.6 is 0 Å². The summed E-state index contributed by atoms with van der Waals surface area (Å²) in [6.07, 6.45) is 17.9. The van der Waals surface area contributed by atoms with Crippen molar-refractivity contribution in [3.63, 3.8) is 0 Å². The number of fused-ring (bicyclic) bond motifs is 3. The molecule has 19 nitrogen and oxygen atoms in total. The van der Waals surface area contributed by atoms with Crippen LogP contribution in [0.1, 0.15) is 0 Å². The topological polar surface area (TPSA) is 221 Å². The molecule has 0 aliphatic rings. The summed E-state index contributed by atoms with van der Waals surface area (Å²) in [6.45, 7) is 0. The van der Waals surface area contributed by atoms with Gasteiger partial charge in [0.2, 0.25) is 0 Å². The summed E-state index contributed by atoms with van der Waals surface area (Å²) in [6, 6.07) is 120. The van der Waals surface area contributed by atoms with Crippen LogP contribution in [0.15, 0.2) is 420 Å². The second kappa shape index (κ2) is 34.1. The molecule has 19 heteroatoms. The molecule has 22 aromatic rings. The first kappa shape index (κ1) is 74.5. The predicted octanol–water partition coefficient (Wildman–Crippen LogP) is 22.9. The Kier molecular flexibility index (Phi) is 20.6. The van der Waals surface area contributed by atoms with E-state index in [1.807, 2.05) is 261 Å². The highest BCUT2D eigenvalue weighted by atomic mass is 15.5. The Bertz CT molecular complexity index is 7170. The Morgan fingerprint density at radius 2 is 0.496 bits per heavy atom. The highest BCUT2D eigenvalue weighted by molar-refractivity contribution is 5.99. The fraction of sp³-hybridized carbons (Fsp3) is 0. The lowest BCUT2D eigenvalue weighted by Crippen LogP contribution is -1.98. The van der Waals surface area contributed by atoms with E-state index >= 15 is 0 Å². The molecule has 0 spiro atoms. The summed E-state index contributed by atoms with van der Waals surface area (Å²) >= 11 is 0. The summed E-state index contributed by atoms with van der Waals surface area (Å²) in [7, 11) is 0.